The number of pyridine rings is 1. The fourth-order valence-electron chi connectivity index (χ4n) is 3.23. The van der Waals surface area contributed by atoms with E-state index >= 15 is 0 Å². The average molecular weight is 345 g/mol. The highest BCUT2D eigenvalue weighted by molar-refractivity contribution is 6.29. The van der Waals surface area contributed by atoms with E-state index in [0.717, 1.165) is 17.2 Å². The number of carbonyl (C=O) groups excluding carboxylic acids is 1. The van der Waals surface area contributed by atoms with Crippen LogP contribution in [0.2, 0.25) is 0 Å². The van der Waals surface area contributed by atoms with Gasteiger partial charge in [0.15, 0.2) is 5.82 Å². The highest BCUT2D eigenvalue weighted by Gasteiger charge is 2.30. The van der Waals surface area contributed by atoms with Gasteiger partial charge in [-0.3, -0.25) is 4.79 Å². The van der Waals surface area contributed by atoms with Gasteiger partial charge in [-0.2, -0.15) is 10.1 Å². The van der Waals surface area contributed by atoms with E-state index < -0.39 is 0 Å². The van der Waals surface area contributed by atoms with E-state index in [2.05, 4.69) is 32.0 Å². The number of hydrogen-bond donors (Lipinski definition) is 0. The number of para-hydroxylation sites is 2. The zero-order chi connectivity index (χ0) is 18.3. The van der Waals surface area contributed by atoms with Crippen LogP contribution in [0.4, 0.5) is 17.2 Å². The number of aromatic nitrogens is 1. The largest absolute Gasteiger partial charge is 0.329 e. The van der Waals surface area contributed by atoms with Crippen molar-refractivity contribution in [3.63, 3.8) is 0 Å². The minimum Gasteiger partial charge on any atom is -0.329 e. The van der Waals surface area contributed by atoms with Crippen molar-refractivity contribution in [1.29, 1.82) is 0 Å². The normalized spacial score (nSPS) is 17.9. The lowest BCUT2D eigenvalue weighted by molar-refractivity contribution is -0.114. The smallest absolute Gasteiger partial charge is 0.282 e. The second-order valence-corrected chi connectivity index (χ2v) is 6.20. The molecule has 4 rings (SSSR count). The highest BCUT2D eigenvalue weighted by Crippen LogP contribution is 2.39. The van der Waals surface area contributed by atoms with Crippen molar-refractivity contribution >= 4 is 28.8 Å². The number of benzene rings is 1. The zero-order valence-corrected chi connectivity index (χ0v) is 14.9. The first-order chi connectivity index (χ1) is 12.6. The topological polar surface area (TPSA) is 52.0 Å². The van der Waals surface area contributed by atoms with Gasteiger partial charge in [0.25, 0.3) is 5.91 Å². The van der Waals surface area contributed by atoms with E-state index in [1.165, 1.54) is 5.01 Å². The minimum absolute atomic E-state index is 0.168. The Labute approximate surface area is 152 Å². The third-order valence-corrected chi connectivity index (χ3v) is 4.62. The van der Waals surface area contributed by atoms with Crippen LogP contribution in [0.1, 0.15) is 6.92 Å². The molecule has 0 radical (unpaired) electrons. The number of fused-ring (bicyclic) bond motifs is 1. The number of rotatable bonds is 2. The Hall–Kier alpha value is -3.41. The van der Waals surface area contributed by atoms with Gasteiger partial charge in [-0.1, -0.05) is 18.2 Å². The molecular formula is C20H19N5O. The number of anilines is 3. The first-order valence-electron chi connectivity index (χ1n) is 8.37. The molecule has 0 N–H and O–H groups in total. The molecule has 2 aliphatic heterocycles. The maximum atomic E-state index is 12.7. The minimum atomic E-state index is -0.168. The number of hydrazone groups is 1. The number of carbonyl (C=O) groups is 1. The standard InChI is InChI=1S/C20H19N5O/c1-14-15(20(26)25(22-14)18-10-6-7-13-21-18)11-12-19-23(2)16-8-4-5-9-17(16)24(19)3/h4-13H,1-3H3. The first-order valence-corrected chi connectivity index (χ1v) is 8.37. The zero-order valence-electron chi connectivity index (χ0n) is 14.9. The van der Waals surface area contributed by atoms with Crippen LogP contribution in [0.3, 0.4) is 0 Å². The maximum absolute atomic E-state index is 12.7. The molecule has 130 valence electrons. The van der Waals surface area contributed by atoms with E-state index in [1.54, 1.807) is 12.3 Å². The number of allylic oxidation sites excluding steroid dienone is 2. The Morgan fingerprint density at radius 1 is 0.923 bits per heavy atom. The summed E-state index contributed by atoms with van der Waals surface area (Å²) in [6.07, 6.45) is 5.43. The summed E-state index contributed by atoms with van der Waals surface area (Å²) in [6, 6.07) is 13.6. The van der Waals surface area contributed by atoms with Crippen LogP contribution in [-0.4, -0.2) is 30.7 Å². The van der Waals surface area contributed by atoms with Crippen molar-refractivity contribution in [2.75, 3.05) is 28.9 Å². The molecule has 0 fully saturated rings. The second kappa shape index (κ2) is 6.15. The van der Waals surface area contributed by atoms with Crippen LogP contribution < -0.4 is 14.8 Å². The van der Waals surface area contributed by atoms with E-state index in [-0.39, 0.29) is 5.91 Å². The molecule has 0 saturated heterocycles. The van der Waals surface area contributed by atoms with Gasteiger partial charge in [0.1, 0.15) is 5.82 Å². The first kappa shape index (κ1) is 16.1. The summed E-state index contributed by atoms with van der Waals surface area (Å²) in [4.78, 5) is 21.2. The maximum Gasteiger partial charge on any atom is 0.282 e. The molecule has 0 aliphatic carbocycles. The Bertz CT molecular complexity index is 930. The predicted octanol–water partition coefficient (Wildman–Crippen LogP) is 3.16. The SMILES string of the molecule is CC1=NN(c2ccccn2)C(=O)C1=CC=C1N(C)c2ccccc2N1C. The van der Waals surface area contributed by atoms with Gasteiger partial charge < -0.3 is 9.80 Å². The van der Waals surface area contributed by atoms with Crippen LogP contribution in [0.25, 0.3) is 0 Å². The quantitative estimate of drug-likeness (QED) is 0.785. The summed E-state index contributed by atoms with van der Waals surface area (Å²) in [7, 11) is 4.04. The molecule has 2 aliphatic rings. The number of nitrogens with zero attached hydrogens (tertiary/aromatic N) is 5. The molecule has 2 aromatic rings. The number of hydrogen-bond acceptors (Lipinski definition) is 5. The predicted molar refractivity (Wildman–Crippen MR) is 104 cm³/mol. The summed E-state index contributed by atoms with van der Waals surface area (Å²) in [5, 5.41) is 5.70. The van der Waals surface area contributed by atoms with E-state index in [4.69, 9.17) is 0 Å². The lowest BCUT2D eigenvalue weighted by Crippen LogP contribution is -2.23. The van der Waals surface area contributed by atoms with E-state index in [0.29, 0.717) is 17.1 Å². The monoisotopic (exact) mass is 345 g/mol. The Morgan fingerprint density at radius 3 is 2.19 bits per heavy atom. The summed E-state index contributed by atoms with van der Waals surface area (Å²) in [5.74, 6) is 1.35. The molecule has 1 aromatic carbocycles. The molecule has 1 amide bonds. The van der Waals surface area contributed by atoms with Crippen molar-refractivity contribution < 1.29 is 4.79 Å². The molecule has 0 saturated carbocycles. The van der Waals surface area contributed by atoms with Crippen molar-refractivity contribution in [3.8, 4) is 0 Å². The van der Waals surface area contributed by atoms with Crippen LogP contribution in [0, 0.1) is 0 Å². The van der Waals surface area contributed by atoms with Gasteiger partial charge in [-0.25, -0.2) is 4.98 Å². The lowest BCUT2D eigenvalue weighted by Gasteiger charge is -2.17. The molecule has 1 aromatic heterocycles. The molecule has 3 heterocycles. The van der Waals surface area contributed by atoms with Gasteiger partial charge in [0.2, 0.25) is 0 Å². The summed E-state index contributed by atoms with van der Waals surface area (Å²) < 4.78 is 0. The average Bonchev–Trinajstić information content (AvgIpc) is 3.09. The van der Waals surface area contributed by atoms with Gasteiger partial charge in [0.05, 0.1) is 22.7 Å². The molecule has 0 atom stereocenters. The third kappa shape index (κ3) is 2.47. The van der Waals surface area contributed by atoms with Crippen molar-refractivity contribution in [2.45, 2.75) is 6.92 Å². The van der Waals surface area contributed by atoms with Crippen LogP contribution in [0.15, 0.2) is 77.3 Å². The molecule has 6 nitrogen and oxygen atoms in total. The van der Waals surface area contributed by atoms with Crippen molar-refractivity contribution in [1.82, 2.24) is 4.98 Å². The van der Waals surface area contributed by atoms with Crippen LogP contribution >= 0.6 is 0 Å². The van der Waals surface area contributed by atoms with Gasteiger partial charge in [-0.05, 0) is 43.3 Å². The lowest BCUT2D eigenvalue weighted by atomic mass is 10.1. The molecule has 0 bridgehead atoms. The van der Waals surface area contributed by atoms with Gasteiger partial charge in [-0.15, -0.1) is 0 Å². The highest BCUT2D eigenvalue weighted by atomic mass is 16.2. The molecule has 6 heteroatoms. The molecular weight excluding hydrogens is 326 g/mol. The van der Waals surface area contributed by atoms with Crippen molar-refractivity contribution in [3.05, 3.63) is 72.2 Å². The summed E-state index contributed by atoms with van der Waals surface area (Å²) in [5.41, 5.74) is 3.52. The molecule has 0 spiro atoms. The van der Waals surface area contributed by atoms with Gasteiger partial charge in [0, 0.05) is 20.3 Å². The third-order valence-electron chi connectivity index (χ3n) is 4.62. The Balaban J connectivity index is 1.65. The summed E-state index contributed by atoms with van der Waals surface area (Å²) >= 11 is 0. The Kier molecular flexibility index (Phi) is 3.80. The second-order valence-electron chi connectivity index (χ2n) is 6.20. The van der Waals surface area contributed by atoms with Gasteiger partial charge >= 0.3 is 0 Å². The van der Waals surface area contributed by atoms with E-state index in [1.807, 2.05) is 57.4 Å². The van der Waals surface area contributed by atoms with Crippen LogP contribution in [-0.2, 0) is 4.79 Å². The molecule has 0 unspecified atom stereocenters. The summed E-state index contributed by atoms with van der Waals surface area (Å²) in [6.45, 7) is 1.84. The number of amides is 1. The van der Waals surface area contributed by atoms with Crippen molar-refractivity contribution in [2.24, 2.45) is 5.10 Å². The molecule has 26 heavy (non-hydrogen) atoms. The Morgan fingerprint density at radius 2 is 1.58 bits per heavy atom. The fourth-order valence-corrected chi connectivity index (χ4v) is 3.23. The van der Waals surface area contributed by atoms with Crippen LogP contribution in [0.5, 0.6) is 0 Å². The van der Waals surface area contributed by atoms with E-state index in [9.17, 15) is 4.79 Å². The fraction of sp³-hybridized carbons (Fsp3) is 0.150.